The number of carbonyl (C=O) groups excluding carboxylic acids is 1. The number of hydrogen-bond donors (Lipinski definition) is 2. The maximum atomic E-state index is 11.7. The molecule has 0 saturated heterocycles. The number of aliphatic carboxylic acids is 1. The van der Waals surface area contributed by atoms with E-state index in [-0.39, 0.29) is 12.3 Å². The second kappa shape index (κ2) is 7.72. The molecular weight excluding hydrogens is 364 g/mol. The first kappa shape index (κ1) is 19.4. The standard InChI is InChI=1S/C19H24N4O3S/c1-12-6-5-7-13(2)16(12)21-17-19(8-3-4-9-19)23(10-14(20)24)18(22-17)27-11-15(25)26/h5-7H,3-4,8-11H2,1-2H3,(H2,20,24)(H,25,26). The summed E-state index contributed by atoms with van der Waals surface area (Å²) in [5.41, 5.74) is 7.99. The Morgan fingerprint density at radius 1 is 1.30 bits per heavy atom. The van der Waals surface area contributed by atoms with E-state index in [2.05, 4.69) is 0 Å². The first-order valence-corrected chi connectivity index (χ1v) is 9.97. The van der Waals surface area contributed by atoms with E-state index in [4.69, 9.17) is 20.8 Å². The summed E-state index contributed by atoms with van der Waals surface area (Å²) in [6.45, 7) is 4.03. The van der Waals surface area contributed by atoms with E-state index in [1.807, 2.05) is 36.9 Å². The van der Waals surface area contributed by atoms with Gasteiger partial charge in [0, 0.05) is 0 Å². The molecule has 1 aromatic carbocycles. The fraction of sp³-hybridized carbons (Fsp3) is 0.474. The van der Waals surface area contributed by atoms with E-state index in [0.29, 0.717) is 11.0 Å². The van der Waals surface area contributed by atoms with Crippen molar-refractivity contribution >= 4 is 40.3 Å². The van der Waals surface area contributed by atoms with E-state index in [1.165, 1.54) is 0 Å². The lowest BCUT2D eigenvalue weighted by Gasteiger charge is -2.35. The zero-order chi connectivity index (χ0) is 19.6. The lowest BCUT2D eigenvalue weighted by Crippen LogP contribution is -2.52. The molecular formula is C19H24N4O3S. The van der Waals surface area contributed by atoms with E-state index < -0.39 is 17.4 Å². The molecule has 27 heavy (non-hydrogen) atoms. The van der Waals surface area contributed by atoms with E-state index in [0.717, 1.165) is 54.3 Å². The average molecular weight is 388 g/mol. The van der Waals surface area contributed by atoms with Crippen molar-refractivity contribution in [2.45, 2.75) is 45.1 Å². The number of carboxylic acids is 1. The molecule has 1 aliphatic carbocycles. The van der Waals surface area contributed by atoms with Gasteiger partial charge in [-0.1, -0.05) is 42.8 Å². The van der Waals surface area contributed by atoms with Crippen molar-refractivity contribution in [1.29, 1.82) is 0 Å². The van der Waals surface area contributed by atoms with Gasteiger partial charge in [0.15, 0.2) is 11.0 Å². The van der Waals surface area contributed by atoms with E-state index >= 15 is 0 Å². The molecule has 1 aliphatic heterocycles. The number of aryl methyl sites for hydroxylation is 2. The van der Waals surface area contributed by atoms with Crippen molar-refractivity contribution in [2.75, 3.05) is 12.3 Å². The summed E-state index contributed by atoms with van der Waals surface area (Å²) in [5, 5.41) is 9.57. The number of aliphatic imine (C=N–C) groups is 2. The van der Waals surface area contributed by atoms with Crippen LogP contribution in [0, 0.1) is 13.8 Å². The number of nitrogens with two attached hydrogens (primary N) is 1. The molecule has 2 aliphatic rings. The molecule has 3 N–H and O–H groups in total. The van der Waals surface area contributed by atoms with Gasteiger partial charge in [0.1, 0.15) is 5.54 Å². The number of thioether (sulfide) groups is 1. The predicted molar refractivity (Wildman–Crippen MR) is 108 cm³/mol. The van der Waals surface area contributed by atoms with Gasteiger partial charge in [0.2, 0.25) is 5.91 Å². The van der Waals surface area contributed by atoms with Gasteiger partial charge in [-0.2, -0.15) is 0 Å². The number of carbonyl (C=O) groups is 2. The summed E-state index contributed by atoms with van der Waals surface area (Å²) in [5.74, 6) is -0.854. The maximum Gasteiger partial charge on any atom is 0.313 e. The van der Waals surface area contributed by atoms with Gasteiger partial charge in [0.05, 0.1) is 18.0 Å². The Balaban J connectivity index is 2.08. The second-order valence-corrected chi connectivity index (χ2v) is 7.99. The molecule has 7 nitrogen and oxygen atoms in total. The number of para-hydroxylation sites is 1. The monoisotopic (exact) mass is 388 g/mol. The molecule has 3 rings (SSSR count). The molecule has 0 radical (unpaired) electrons. The van der Waals surface area contributed by atoms with Crippen LogP contribution in [-0.2, 0) is 9.59 Å². The minimum atomic E-state index is -0.928. The number of nitrogens with zero attached hydrogens (tertiary/aromatic N) is 3. The highest BCUT2D eigenvalue weighted by atomic mass is 32.2. The smallest absolute Gasteiger partial charge is 0.313 e. The fourth-order valence-corrected chi connectivity index (χ4v) is 4.64. The number of hydrogen-bond acceptors (Lipinski definition) is 5. The molecule has 1 fully saturated rings. The number of amides is 1. The molecule has 0 aromatic heterocycles. The average Bonchev–Trinajstić information content (AvgIpc) is 3.18. The van der Waals surface area contributed by atoms with Crippen LogP contribution in [0.25, 0.3) is 0 Å². The Kier molecular flexibility index (Phi) is 5.55. The first-order chi connectivity index (χ1) is 12.8. The van der Waals surface area contributed by atoms with Crippen molar-refractivity contribution < 1.29 is 14.7 Å². The van der Waals surface area contributed by atoms with Crippen molar-refractivity contribution in [3.05, 3.63) is 29.3 Å². The van der Waals surface area contributed by atoms with Crippen LogP contribution in [0.5, 0.6) is 0 Å². The van der Waals surface area contributed by atoms with Crippen LogP contribution in [0.15, 0.2) is 28.2 Å². The molecule has 0 bridgehead atoms. The summed E-state index contributed by atoms with van der Waals surface area (Å²) >= 11 is 1.11. The van der Waals surface area contributed by atoms with E-state index in [9.17, 15) is 9.59 Å². The molecule has 8 heteroatoms. The molecule has 1 amide bonds. The first-order valence-electron chi connectivity index (χ1n) is 8.98. The Bertz CT molecular complexity index is 808. The molecule has 0 atom stereocenters. The predicted octanol–water partition coefficient (Wildman–Crippen LogP) is 2.62. The highest BCUT2D eigenvalue weighted by Crippen LogP contribution is 2.43. The van der Waals surface area contributed by atoms with Crippen molar-refractivity contribution in [3.8, 4) is 0 Å². The zero-order valence-electron chi connectivity index (χ0n) is 15.6. The van der Waals surface area contributed by atoms with Crippen LogP contribution in [0.3, 0.4) is 0 Å². The Labute approximate surface area is 162 Å². The summed E-state index contributed by atoms with van der Waals surface area (Å²) in [4.78, 5) is 34.2. The maximum absolute atomic E-state index is 11.7. The van der Waals surface area contributed by atoms with Crippen LogP contribution in [-0.4, -0.2) is 50.7 Å². The van der Waals surface area contributed by atoms with Crippen LogP contribution in [0.2, 0.25) is 0 Å². The van der Waals surface area contributed by atoms with Crippen molar-refractivity contribution in [2.24, 2.45) is 15.7 Å². The number of rotatable bonds is 5. The van der Waals surface area contributed by atoms with Crippen molar-refractivity contribution in [1.82, 2.24) is 4.90 Å². The summed E-state index contributed by atoms with van der Waals surface area (Å²) < 4.78 is 0. The molecule has 0 unspecified atom stereocenters. The summed E-state index contributed by atoms with van der Waals surface area (Å²) in [6.07, 6.45) is 3.66. The zero-order valence-corrected chi connectivity index (χ0v) is 16.4. The third-order valence-corrected chi connectivity index (χ3v) is 6.05. The van der Waals surface area contributed by atoms with Gasteiger partial charge in [0.25, 0.3) is 0 Å². The van der Waals surface area contributed by atoms with Gasteiger partial charge in [-0.25, -0.2) is 9.98 Å². The molecule has 1 saturated carbocycles. The highest BCUT2D eigenvalue weighted by molar-refractivity contribution is 8.14. The Hall–Kier alpha value is -2.35. The quantitative estimate of drug-likeness (QED) is 0.806. The van der Waals surface area contributed by atoms with Crippen molar-refractivity contribution in [3.63, 3.8) is 0 Å². The van der Waals surface area contributed by atoms with Gasteiger partial charge in [-0.3, -0.25) is 9.59 Å². The number of carboxylic acid groups (broad SMARTS) is 1. The van der Waals surface area contributed by atoms with E-state index in [1.54, 1.807) is 0 Å². The SMILES string of the molecule is Cc1cccc(C)c1N=C1N=C(SCC(=O)O)N(CC(N)=O)C12CCCC2. The van der Waals surface area contributed by atoms with Gasteiger partial charge in [-0.05, 0) is 37.8 Å². The Morgan fingerprint density at radius 2 is 1.93 bits per heavy atom. The van der Waals surface area contributed by atoms with Crippen LogP contribution in [0.1, 0.15) is 36.8 Å². The fourth-order valence-electron chi connectivity index (χ4n) is 3.84. The molecule has 1 aromatic rings. The lowest BCUT2D eigenvalue weighted by molar-refractivity contribution is -0.133. The second-order valence-electron chi connectivity index (χ2n) is 7.04. The van der Waals surface area contributed by atoms with Crippen LogP contribution >= 0.6 is 11.8 Å². The molecule has 1 spiro atoms. The number of primary amides is 1. The third-order valence-electron chi connectivity index (χ3n) is 5.09. The topological polar surface area (TPSA) is 108 Å². The summed E-state index contributed by atoms with van der Waals surface area (Å²) in [6, 6.07) is 6.01. The lowest BCUT2D eigenvalue weighted by atomic mass is 9.94. The van der Waals surface area contributed by atoms with Crippen LogP contribution < -0.4 is 5.73 Å². The normalized spacial score (nSPS) is 19.7. The van der Waals surface area contributed by atoms with Crippen LogP contribution in [0.4, 0.5) is 5.69 Å². The molecule has 144 valence electrons. The van der Waals surface area contributed by atoms with Gasteiger partial charge in [-0.15, -0.1) is 0 Å². The third kappa shape index (κ3) is 3.85. The Morgan fingerprint density at radius 3 is 2.48 bits per heavy atom. The largest absolute Gasteiger partial charge is 0.481 e. The minimum absolute atomic E-state index is 0.0111. The van der Waals surface area contributed by atoms with Gasteiger partial charge >= 0.3 is 5.97 Å². The highest BCUT2D eigenvalue weighted by Gasteiger charge is 2.50. The number of amidine groups is 2. The molecule has 1 heterocycles. The summed E-state index contributed by atoms with van der Waals surface area (Å²) in [7, 11) is 0. The minimum Gasteiger partial charge on any atom is -0.481 e. The number of benzene rings is 1. The van der Waals surface area contributed by atoms with Gasteiger partial charge < -0.3 is 15.7 Å².